The lowest BCUT2D eigenvalue weighted by molar-refractivity contribution is 0.0953. The summed E-state index contributed by atoms with van der Waals surface area (Å²) in [5.41, 5.74) is 2.67. The Morgan fingerprint density at radius 1 is 0.933 bits per heavy atom. The van der Waals surface area contributed by atoms with Crippen LogP contribution in [0, 0.1) is 0 Å². The van der Waals surface area contributed by atoms with Gasteiger partial charge in [0.2, 0.25) is 0 Å². The summed E-state index contributed by atoms with van der Waals surface area (Å²) >= 11 is 3.50. The van der Waals surface area contributed by atoms with Gasteiger partial charge >= 0.3 is 0 Å². The summed E-state index contributed by atoms with van der Waals surface area (Å²) < 4.78 is 17.2. The lowest BCUT2D eigenvalue weighted by Crippen LogP contribution is -2.25. The minimum atomic E-state index is -0.169. The number of benzene rings is 3. The summed E-state index contributed by atoms with van der Waals surface area (Å²) in [5.74, 6) is 1.71. The number of carbonyl (C=O) groups is 1. The van der Waals surface area contributed by atoms with E-state index in [2.05, 4.69) is 21.2 Å². The number of carbonyl (C=O) groups excluding carboxylic acids is 1. The molecule has 156 valence electrons. The maximum atomic E-state index is 12.6. The van der Waals surface area contributed by atoms with Crippen LogP contribution in [0.4, 0.5) is 0 Å². The van der Waals surface area contributed by atoms with Crippen molar-refractivity contribution in [3.05, 3.63) is 87.9 Å². The maximum absolute atomic E-state index is 12.6. The molecule has 3 aromatic carbocycles. The third-order valence-electron chi connectivity index (χ3n) is 4.58. The fourth-order valence-electron chi connectivity index (χ4n) is 2.94. The van der Waals surface area contributed by atoms with E-state index >= 15 is 0 Å². The second-order valence-electron chi connectivity index (χ2n) is 6.62. The molecule has 0 spiro atoms. The lowest BCUT2D eigenvalue weighted by Gasteiger charge is -2.14. The van der Waals surface area contributed by atoms with Gasteiger partial charge in [0.15, 0.2) is 11.5 Å². The molecule has 0 aliphatic carbocycles. The van der Waals surface area contributed by atoms with Crippen molar-refractivity contribution in [2.24, 2.45) is 0 Å². The van der Waals surface area contributed by atoms with E-state index in [9.17, 15) is 4.79 Å². The minimum absolute atomic E-state index is 0.169. The molecule has 1 amide bonds. The van der Waals surface area contributed by atoms with Crippen molar-refractivity contribution < 1.29 is 19.0 Å². The fourth-order valence-corrected chi connectivity index (χ4v) is 3.49. The number of ether oxygens (including phenoxy) is 3. The van der Waals surface area contributed by atoms with Crippen LogP contribution in [0.25, 0.3) is 0 Å². The van der Waals surface area contributed by atoms with Crippen molar-refractivity contribution in [3.63, 3.8) is 0 Å². The first-order valence-electron chi connectivity index (χ1n) is 9.56. The normalized spacial score (nSPS) is 10.4. The van der Waals surface area contributed by atoms with Crippen molar-refractivity contribution in [2.45, 2.75) is 13.0 Å². The molecule has 0 unspecified atom stereocenters. The van der Waals surface area contributed by atoms with E-state index in [1.54, 1.807) is 26.4 Å². The Balaban J connectivity index is 1.61. The van der Waals surface area contributed by atoms with Crippen LogP contribution in [-0.4, -0.2) is 26.7 Å². The lowest BCUT2D eigenvalue weighted by atomic mass is 10.1. The molecule has 0 heterocycles. The third-order valence-corrected chi connectivity index (χ3v) is 5.16. The quantitative estimate of drug-likeness (QED) is 0.478. The Morgan fingerprint density at radius 2 is 1.67 bits per heavy atom. The van der Waals surface area contributed by atoms with Gasteiger partial charge in [-0.2, -0.15) is 0 Å². The summed E-state index contributed by atoms with van der Waals surface area (Å²) in [6.45, 7) is 0.931. The van der Waals surface area contributed by atoms with E-state index in [1.807, 2.05) is 54.6 Å². The van der Waals surface area contributed by atoms with Gasteiger partial charge in [0.25, 0.3) is 5.91 Å². The Morgan fingerprint density at radius 3 is 2.33 bits per heavy atom. The number of nitrogens with one attached hydrogen (secondary N) is 1. The van der Waals surface area contributed by atoms with Gasteiger partial charge < -0.3 is 19.5 Å². The number of hydrogen-bond donors (Lipinski definition) is 1. The van der Waals surface area contributed by atoms with Gasteiger partial charge in [0.05, 0.1) is 18.7 Å². The van der Waals surface area contributed by atoms with E-state index < -0.39 is 0 Å². The largest absolute Gasteiger partial charge is 0.497 e. The zero-order valence-electron chi connectivity index (χ0n) is 17.0. The van der Waals surface area contributed by atoms with Gasteiger partial charge in [-0.15, -0.1) is 0 Å². The zero-order chi connectivity index (χ0) is 21.3. The van der Waals surface area contributed by atoms with E-state index in [4.69, 9.17) is 14.2 Å². The van der Waals surface area contributed by atoms with Crippen LogP contribution < -0.4 is 19.5 Å². The average molecular weight is 470 g/mol. The molecule has 0 aliphatic rings. The smallest absolute Gasteiger partial charge is 0.251 e. The first-order chi connectivity index (χ1) is 14.6. The van der Waals surface area contributed by atoms with Gasteiger partial charge in [0, 0.05) is 12.1 Å². The summed E-state index contributed by atoms with van der Waals surface area (Å²) in [6, 6.07) is 21.1. The Bertz CT molecular complexity index is 975. The van der Waals surface area contributed by atoms with Crippen LogP contribution in [0.3, 0.4) is 0 Å². The Labute approximate surface area is 185 Å². The summed E-state index contributed by atoms with van der Waals surface area (Å²) in [5, 5.41) is 2.94. The number of methoxy groups -OCH3 is 2. The van der Waals surface area contributed by atoms with Crippen LogP contribution in [0.1, 0.15) is 21.5 Å². The van der Waals surface area contributed by atoms with Crippen LogP contribution >= 0.6 is 15.9 Å². The van der Waals surface area contributed by atoms with Crippen molar-refractivity contribution >= 4 is 21.8 Å². The molecule has 0 radical (unpaired) electrons. The van der Waals surface area contributed by atoms with Gasteiger partial charge in [-0.1, -0.05) is 42.5 Å². The van der Waals surface area contributed by atoms with Gasteiger partial charge in [0.1, 0.15) is 12.4 Å². The second kappa shape index (κ2) is 10.7. The highest BCUT2D eigenvalue weighted by molar-refractivity contribution is 9.10. The molecular weight excluding hydrogens is 446 g/mol. The third kappa shape index (κ3) is 5.76. The van der Waals surface area contributed by atoms with Crippen molar-refractivity contribution in [3.8, 4) is 17.2 Å². The maximum Gasteiger partial charge on any atom is 0.251 e. The molecular formula is C24H24BrNO4. The van der Waals surface area contributed by atoms with Gasteiger partial charge in [-0.25, -0.2) is 0 Å². The molecule has 1 N–H and O–H groups in total. The summed E-state index contributed by atoms with van der Waals surface area (Å²) in [4.78, 5) is 12.6. The van der Waals surface area contributed by atoms with E-state index in [0.29, 0.717) is 34.7 Å². The van der Waals surface area contributed by atoms with Crippen molar-refractivity contribution in [2.75, 3.05) is 20.8 Å². The molecule has 6 heteroatoms. The molecule has 0 aliphatic heterocycles. The highest BCUT2D eigenvalue weighted by Crippen LogP contribution is 2.37. The Hall–Kier alpha value is -2.99. The van der Waals surface area contributed by atoms with E-state index in [0.717, 1.165) is 23.3 Å². The highest BCUT2D eigenvalue weighted by Gasteiger charge is 2.16. The molecule has 30 heavy (non-hydrogen) atoms. The van der Waals surface area contributed by atoms with Crippen molar-refractivity contribution in [1.82, 2.24) is 5.32 Å². The fraction of sp³-hybridized carbons (Fsp3) is 0.208. The standard InChI is InChI=1S/C24H24BrNO4/c1-28-20-10-8-17(9-11-20)12-13-26-24(27)19-14-21(25)23(22(15-19)29-2)30-16-18-6-4-3-5-7-18/h3-11,14-15H,12-13,16H2,1-2H3,(H,26,27). The van der Waals surface area contributed by atoms with Crippen LogP contribution in [0.2, 0.25) is 0 Å². The molecule has 0 saturated carbocycles. The summed E-state index contributed by atoms with van der Waals surface area (Å²) in [7, 11) is 3.20. The molecule has 0 aromatic heterocycles. The molecule has 0 atom stereocenters. The SMILES string of the molecule is COc1ccc(CCNC(=O)c2cc(Br)c(OCc3ccccc3)c(OC)c2)cc1. The van der Waals surface area contributed by atoms with Gasteiger partial charge in [-0.3, -0.25) is 4.79 Å². The number of amides is 1. The topological polar surface area (TPSA) is 56.8 Å². The molecule has 3 aromatic rings. The van der Waals surface area contributed by atoms with Crippen LogP contribution in [0.15, 0.2) is 71.2 Å². The van der Waals surface area contributed by atoms with Crippen LogP contribution in [-0.2, 0) is 13.0 Å². The average Bonchev–Trinajstić information content (AvgIpc) is 2.78. The highest BCUT2D eigenvalue weighted by atomic mass is 79.9. The number of rotatable bonds is 9. The van der Waals surface area contributed by atoms with E-state index in [-0.39, 0.29) is 5.91 Å². The molecule has 0 saturated heterocycles. The van der Waals surface area contributed by atoms with Gasteiger partial charge in [-0.05, 0) is 57.7 Å². The molecule has 0 fully saturated rings. The molecule has 5 nitrogen and oxygen atoms in total. The first-order valence-corrected chi connectivity index (χ1v) is 10.4. The Kier molecular flexibility index (Phi) is 7.74. The molecule has 3 rings (SSSR count). The van der Waals surface area contributed by atoms with Crippen LogP contribution in [0.5, 0.6) is 17.2 Å². The number of halogens is 1. The van der Waals surface area contributed by atoms with Crippen molar-refractivity contribution in [1.29, 1.82) is 0 Å². The zero-order valence-corrected chi connectivity index (χ0v) is 18.6. The predicted octanol–water partition coefficient (Wildman–Crippen LogP) is 5.02. The monoisotopic (exact) mass is 469 g/mol. The first kappa shape index (κ1) is 21.7. The van der Waals surface area contributed by atoms with E-state index in [1.165, 1.54) is 0 Å². The number of hydrogen-bond acceptors (Lipinski definition) is 4. The second-order valence-corrected chi connectivity index (χ2v) is 7.47. The predicted molar refractivity (Wildman–Crippen MR) is 120 cm³/mol. The minimum Gasteiger partial charge on any atom is -0.497 e. The molecule has 0 bridgehead atoms. The summed E-state index contributed by atoms with van der Waals surface area (Å²) in [6.07, 6.45) is 0.728.